The Bertz CT molecular complexity index is 1400. The van der Waals surface area contributed by atoms with E-state index < -0.39 is 0 Å². The second-order valence-electron chi connectivity index (χ2n) is 7.00. The monoisotopic (exact) mass is 472 g/mol. The molecule has 0 radical (unpaired) electrons. The van der Waals surface area contributed by atoms with E-state index in [1.54, 1.807) is 12.4 Å². The number of rotatable bonds is 5. The third kappa shape index (κ3) is 3.89. The molecule has 4 aromatic heterocycles. The Morgan fingerprint density at radius 2 is 1.90 bits per heavy atom. The van der Waals surface area contributed by atoms with Gasteiger partial charge in [-0.15, -0.1) is 10.2 Å². The van der Waals surface area contributed by atoms with Crippen LogP contribution in [-0.2, 0) is 6.42 Å². The van der Waals surface area contributed by atoms with E-state index in [9.17, 15) is 4.79 Å². The second kappa shape index (κ2) is 8.23. The SMILES string of the molecule is O=C(NCCc1nnc2ccccn12)c1cc(-c2ccncc2)nc2ccc(Br)cc12. The summed E-state index contributed by atoms with van der Waals surface area (Å²) in [4.78, 5) is 21.9. The first kappa shape index (κ1) is 19.3. The third-order valence-electron chi connectivity index (χ3n) is 5.01. The molecule has 5 aromatic rings. The van der Waals surface area contributed by atoms with Crippen molar-refractivity contribution in [3.05, 3.63) is 89.0 Å². The first-order valence-electron chi connectivity index (χ1n) is 9.76. The van der Waals surface area contributed by atoms with Crippen LogP contribution in [0, 0.1) is 0 Å². The molecule has 5 rings (SSSR count). The lowest BCUT2D eigenvalue weighted by molar-refractivity contribution is 0.0955. The Morgan fingerprint density at radius 1 is 1.03 bits per heavy atom. The second-order valence-corrected chi connectivity index (χ2v) is 7.92. The molecule has 0 spiro atoms. The zero-order valence-corrected chi connectivity index (χ0v) is 18.0. The van der Waals surface area contributed by atoms with E-state index >= 15 is 0 Å². The molecule has 152 valence electrons. The first-order valence-corrected chi connectivity index (χ1v) is 10.6. The quantitative estimate of drug-likeness (QED) is 0.416. The minimum absolute atomic E-state index is 0.158. The maximum atomic E-state index is 13.1. The van der Waals surface area contributed by atoms with Crippen molar-refractivity contribution in [1.29, 1.82) is 0 Å². The third-order valence-corrected chi connectivity index (χ3v) is 5.50. The normalized spacial score (nSPS) is 11.1. The van der Waals surface area contributed by atoms with Gasteiger partial charge < -0.3 is 5.32 Å². The number of amides is 1. The van der Waals surface area contributed by atoms with Gasteiger partial charge >= 0.3 is 0 Å². The van der Waals surface area contributed by atoms with Gasteiger partial charge in [0.25, 0.3) is 5.91 Å². The molecule has 0 atom stereocenters. The fourth-order valence-corrected chi connectivity index (χ4v) is 3.86. The Morgan fingerprint density at radius 3 is 2.77 bits per heavy atom. The molecule has 7 nitrogen and oxygen atoms in total. The molecule has 0 aliphatic rings. The molecule has 0 aliphatic carbocycles. The first-order chi connectivity index (χ1) is 15.2. The highest BCUT2D eigenvalue weighted by atomic mass is 79.9. The fourth-order valence-electron chi connectivity index (χ4n) is 3.50. The molecule has 31 heavy (non-hydrogen) atoms. The van der Waals surface area contributed by atoms with Crippen LogP contribution in [0.15, 0.2) is 77.7 Å². The van der Waals surface area contributed by atoms with Crippen molar-refractivity contribution >= 4 is 38.4 Å². The van der Waals surface area contributed by atoms with Crippen LogP contribution < -0.4 is 5.32 Å². The van der Waals surface area contributed by atoms with E-state index in [0.29, 0.717) is 18.5 Å². The number of carbonyl (C=O) groups excluding carboxylic acids is 1. The molecule has 0 bridgehead atoms. The molecular formula is C23H17BrN6O. The van der Waals surface area contributed by atoms with E-state index in [1.807, 2.05) is 65.2 Å². The van der Waals surface area contributed by atoms with Gasteiger partial charge in [0.05, 0.1) is 16.8 Å². The van der Waals surface area contributed by atoms with Crippen molar-refractivity contribution in [1.82, 2.24) is 29.9 Å². The smallest absolute Gasteiger partial charge is 0.252 e. The summed E-state index contributed by atoms with van der Waals surface area (Å²) >= 11 is 3.50. The molecule has 8 heteroatoms. The number of halogens is 1. The molecule has 1 aromatic carbocycles. The maximum Gasteiger partial charge on any atom is 0.252 e. The van der Waals surface area contributed by atoms with Crippen molar-refractivity contribution in [2.24, 2.45) is 0 Å². The summed E-state index contributed by atoms with van der Waals surface area (Å²) in [6, 6.07) is 17.1. The van der Waals surface area contributed by atoms with Gasteiger partial charge in [-0.05, 0) is 48.5 Å². The number of carbonyl (C=O) groups is 1. The number of pyridine rings is 3. The lowest BCUT2D eigenvalue weighted by atomic mass is 10.0. The molecule has 0 fully saturated rings. The molecule has 1 amide bonds. The van der Waals surface area contributed by atoms with Crippen LogP contribution in [0.4, 0.5) is 0 Å². The minimum Gasteiger partial charge on any atom is -0.352 e. The molecule has 0 saturated carbocycles. The van der Waals surface area contributed by atoms with Gasteiger partial charge in [0.2, 0.25) is 0 Å². The van der Waals surface area contributed by atoms with E-state index in [4.69, 9.17) is 4.98 Å². The van der Waals surface area contributed by atoms with Crippen molar-refractivity contribution in [2.75, 3.05) is 6.54 Å². The van der Waals surface area contributed by atoms with Crippen LogP contribution in [0.3, 0.4) is 0 Å². The molecule has 1 N–H and O–H groups in total. The highest BCUT2D eigenvalue weighted by Crippen LogP contribution is 2.27. The summed E-state index contributed by atoms with van der Waals surface area (Å²) in [5, 5.41) is 12.2. The van der Waals surface area contributed by atoms with Crippen LogP contribution in [0.5, 0.6) is 0 Å². The predicted octanol–water partition coefficient (Wildman–Crippen LogP) is 4.07. The number of benzene rings is 1. The zero-order chi connectivity index (χ0) is 21.2. The number of nitrogens with zero attached hydrogens (tertiary/aromatic N) is 5. The van der Waals surface area contributed by atoms with E-state index in [2.05, 4.69) is 36.4 Å². The zero-order valence-electron chi connectivity index (χ0n) is 16.4. The van der Waals surface area contributed by atoms with Crippen LogP contribution in [0.1, 0.15) is 16.2 Å². The Labute approximate surface area is 186 Å². The summed E-state index contributed by atoms with van der Waals surface area (Å²) in [7, 11) is 0. The Hall–Kier alpha value is -3.65. The Balaban J connectivity index is 1.43. The number of aromatic nitrogens is 5. The minimum atomic E-state index is -0.158. The van der Waals surface area contributed by atoms with E-state index in [0.717, 1.165) is 38.1 Å². The largest absolute Gasteiger partial charge is 0.352 e. The van der Waals surface area contributed by atoms with Gasteiger partial charge in [0.15, 0.2) is 5.65 Å². The van der Waals surface area contributed by atoms with E-state index in [-0.39, 0.29) is 5.91 Å². The summed E-state index contributed by atoms with van der Waals surface area (Å²) in [5.74, 6) is 0.644. The average molecular weight is 473 g/mol. The van der Waals surface area contributed by atoms with Gasteiger partial charge in [-0.2, -0.15) is 0 Å². The van der Waals surface area contributed by atoms with Crippen LogP contribution in [-0.4, -0.2) is 37.0 Å². The van der Waals surface area contributed by atoms with Crippen molar-refractivity contribution < 1.29 is 4.79 Å². The number of hydrogen-bond acceptors (Lipinski definition) is 5. The maximum absolute atomic E-state index is 13.1. The van der Waals surface area contributed by atoms with Gasteiger partial charge in [0.1, 0.15) is 5.82 Å². The number of hydrogen-bond donors (Lipinski definition) is 1. The van der Waals surface area contributed by atoms with Gasteiger partial charge in [-0.3, -0.25) is 14.2 Å². The average Bonchev–Trinajstić information content (AvgIpc) is 3.22. The molecule has 0 aliphatic heterocycles. The Kier molecular flexibility index (Phi) is 5.13. The van der Waals surface area contributed by atoms with Gasteiger partial charge in [0, 0.05) is 47.0 Å². The van der Waals surface area contributed by atoms with Crippen molar-refractivity contribution in [2.45, 2.75) is 6.42 Å². The van der Waals surface area contributed by atoms with Crippen molar-refractivity contribution in [3.8, 4) is 11.3 Å². The summed E-state index contributed by atoms with van der Waals surface area (Å²) in [5.41, 5.74) is 3.75. The van der Waals surface area contributed by atoms with Crippen LogP contribution in [0.25, 0.3) is 27.8 Å². The van der Waals surface area contributed by atoms with Crippen LogP contribution in [0.2, 0.25) is 0 Å². The highest BCUT2D eigenvalue weighted by molar-refractivity contribution is 9.10. The van der Waals surface area contributed by atoms with Crippen molar-refractivity contribution in [3.63, 3.8) is 0 Å². The van der Waals surface area contributed by atoms with Crippen LogP contribution >= 0.6 is 15.9 Å². The highest BCUT2D eigenvalue weighted by Gasteiger charge is 2.15. The lowest BCUT2D eigenvalue weighted by Crippen LogP contribution is -2.26. The standard InChI is InChI=1S/C23H17BrN6O/c24-16-4-5-19-17(13-16)18(14-20(27-19)15-6-9-25-10-7-15)23(31)26-11-8-22-29-28-21-3-1-2-12-30(21)22/h1-7,9-10,12-14H,8,11H2,(H,26,31). The lowest BCUT2D eigenvalue weighted by Gasteiger charge is -2.11. The van der Waals surface area contributed by atoms with E-state index in [1.165, 1.54) is 0 Å². The summed E-state index contributed by atoms with van der Waals surface area (Å²) in [6.07, 6.45) is 5.92. The van der Waals surface area contributed by atoms with Gasteiger partial charge in [-0.25, -0.2) is 4.98 Å². The summed E-state index contributed by atoms with van der Waals surface area (Å²) < 4.78 is 2.81. The fraction of sp³-hybridized carbons (Fsp3) is 0.0870. The number of nitrogens with one attached hydrogen (secondary N) is 1. The summed E-state index contributed by atoms with van der Waals surface area (Å²) in [6.45, 7) is 0.441. The van der Waals surface area contributed by atoms with Gasteiger partial charge in [-0.1, -0.05) is 22.0 Å². The molecular weight excluding hydrogens is 456 g/mol. The number of fused-ring (bicyclic) bond motifs is 2. The molecule has 0 saturated heterocycles. The molecule has 4 heterocycles. The predicted molar refractivity (Wildman–Crippen MR) is 122 cm³/mol. The molecule has 0 unspecified atom stereocenters. The topological polar surface area (TPSA) is 85.1 Å².